The Morgan fingerprint density at radius 1 is 1.26 bits per heavy atom. The second kappa shape index (κ2) is 11.8. The van der Waals surface area contributed by atoms with Gasteiger partial charge in [0.25, 0.3) is 12.4 Å². The topological polar surface area (TPSA) is 152 Å². The molecule has 0 saturated heterocycles. The predicted molar refractivity (Wildman–Crippen MR) is 148 cm³/mol. The van der Waals surface area contributed by atoms with Gasteiger partial charge in [0.2, 0.25) is 0 Å². The highest BCUT2D eigenvalue weighted by molar-refractivity contribution is 5.96. The Bertz CT molecular complexity index is 1600. The zero-order valence-electron chi connectivity index (χ0n) is 22.8. The highest BCUT2D eigenvalue weighted by Gasteiger charge is 2.39. The Balaban J connectivity index is 0.00000113. The highest BCUT2D eigenvalue weighted by Crippen LogP contribution is 2.40. The molecular formula is C28H31F3N8O3. The van der Waals surface area contributed by atoms with Crippen molar-refractivity contribution in [1.82, 2.24) is 29.5 Å². The maximum atomic E-state index is 13.9. The summed E-state index contributed by atoms with van der Waals surface area (Å²) in [5.41, 5.74) is 7.68. The standard InChI is InChI=1S/C27H29F3N8O.CH2O2/c1-2-15-10-17(6-7-19(15)26(39)34-12-16-11-21(16)31)35-24-25-33-13-22(37(25)9-8-32-24)20-14-38(18-4-3-5-18)36-23(20)27(28,29)30;2-1-3/h6-10,13-14,16,18,21H,2-5,11-12,31H2,1H3,(H,32,35)(H,34,39);1H,(H,2,3). The molecule has 222 valence electrons. The Kier molecular flexibility index (Phi) is 8.16. The summed E-state index contributed by atoms with van der Waals surface area (Å²) in [6.45, 7) is 2.28. The van der Waals surface area contributed by atoms with Crippen LogP contribution in [0.5, 0.6) is 0 Å². The first-order valence-electron chi connectivity index (χ1n) is 13.6. The smallest absolute Gasteiger partial charge is 0.435 e. The molecule has 0 bridgehead atoms. The number of carbonyl (C=O) groups is 2. The SMILES string of the molecule is CCc1cc(Nc2nccn3c(-c4cn(C5CCC5)nc4C(F)(F)F)cnc23)ccc1C(=O)NCC1CC1N.O=CO. The average Bonchev–Trinajstić information content (AvgIpc) is 3.27. The first kappa shape index (κ1) is 29.0. The van der Waals surface area contributed by atoms with E-state index in [0.29, 0.717) is 41.6 Å². The summed E-state index contributed by atoms with van der Waals surface area (Å²) in [5.74, 6) is 0.579. The number of alkyl halides is 3. The fourth-order valence-corrected chi connectivity index (χ4v) is 4.98. The summed E-state index contributed by atoms with van der Waals surface area (Å²) in [6, 6.07) is 5.56. The number of aromatic nitrogens is 5. The lowest BCUT2D eigenvalue weighted by atomic mass is 9.93. The van der Waals surface area contributed by atoms with Crippen LogP contribution < -0.4 is 16.4 Å². The second-order valence-electron chi connectivity index (χ2n) is 10.4. The number of halogens is 3. The third kappa shape index (κ3) is 5.93. The number of aryl methyl sites for hydroxylation is 1. The fourth-order valence-electron chi connectivity index (χ4n) is 4.98. The van der Waals surface area contributed by atoms with Crippen LogP contribution >= 0.6 is 0 Å². The van der Waals surface area contributed by atoms with Crippen molar-refractivity contribution in [2.45, 2.75) is 57.3 Å². The monoisotopic (exact) mass is 584 g/mol. The molecule has 2 atom stereocenters. The Morgan fingerprint density at radius 2 is 2.00 bits per heavy atom. The number of benzene rings is 1. The van der Waals surface area contributed by atoms with Crippen LogP contribution in [-0.4, -0.2) is 54.2 Å². The minimum Gasteiger partial charge on any atom is -0.483 e. The predicted octanol–water partition coefficient (Wildman–Crippen LogP) is 4.42. The van der Waals surface area contributed by atoms with Gasteiger partial charge in [-0.15, -0.1) is 0 Å². The fraction of sp³-hybridized carbons (Fsp3) is 0.393. The molecule has 0 spiro atoms. The van der Waals surface area contributed by atoms with Crippen molar-refractivity contribution >= 4 is 29.5 Å². The van der Waals surface area contributed by atoms with Crippen LogP contribution in [0, 0.1) is 5.92 Å². The molecule has 2 aliphatic carbocycles. The van der Waals surface area contributed by atoms with E-state index in [1.54, 1.807) is 22.7 Å². The molecule has 5 N–H and O–H groups in total. The number of imidazole rings is 1. The number of anilines is 2. The van der Waals surface area contributed by atoms with Gasteiger partial charge in [-0.05, 0) is 61.8 Å². The highest BCUT2D eigenvalue weighted by atomic mass is 19.4. The molecule has 4 aromatic rings. The lowest BCUT2D eigenvalue weighted by Crippen LogP contribution is -2.28. The zero-order valence-corrected chi connectivity index (χ0v) is 22.8. The van der Waals surface area contributed by atoms with E-state index in [-0.39, 0.29) is 35.7 Å². The van der Waals surface area contributed by atoms with Gasteiger partial charge in [0.1, 0.15) is 0 Å². The van der Waals surface area contributed by atoms with E-state index in [1.165, 1.54) is 23.3 Å². The maximum Gasteiger partial charge on any atom is 0.435 e. The summed E-state index contributed by atoms with van der Waals surface area (Å²) in [6.07, 6.45) is 5.56. The van der Waals surface area contributed by atoms with Crippen LogP contribution in [-0.2, 0) is 17.4 Å². The molecular weight excluding hydrogens is 553 g/mol. The van der Waals surface area contributed by atoms with Crippen LogP contribution in [0.2, 0.25) is 0 Å². The molecule has 3 heterocycles. The molecule has 2 aliphatic rings. The van der Waals surface area contributed by atoms with Gasteiger partial charge in [0, 0.05) is 42.4 Å². The Morgan fingerprint density at radius 3 is 2.62 bits per heavy atom. The van der Waals surface area contributed by atoms with Gasteiger partial charge in [-0.25, -0.2) is 9.97 Å². The van der Waals surface area contributed by atoms with Gasteiger partial charge < -0.3 is 21.5 Å². The Hall–Kier alpha value is -4.46. The number of carbonyl (C=O) groups excluding carboxylic acids is 1. The third-order valence-electron chi connectivity index (χ3n) is 7.65. The van der Waals surface area contributed by atoms with Gasteiger partial charge in [0.05, 0.1) is 23.5 Å². The van der Waals surface area contributed by atoms with E-state index in [9.17, 15) is 18.0 Å². The number of nitrogens with two attached hydrogens (primary N) is 1. The van der Waals surface area contributed by atoms with Gasteiger partial charge in [-0.1, -0.05) is 6.92 Å². The minimum atomic E-state index is -4.60. The lowest BCUT2D eigenvalue weighted by Gasteiger charge is -2.25. The van der Waals surface area contributed by atoms with E-state index >= 15 is 0 Å². The number of fused-ring (bicyclic) bond motifs is 1. The van der Waals surface area contributed by atoms with Crippen LogP contribution in [0.25, 0.3) is 16.9 Å². The number of hydrogen-bond acceptors (Lipinski definition) is 7. The first-order valence-corrected chi connectivity index (χ1v) is 13.6. The number of hydrogen-bond donors (Lipinski definition) is 4. The van der Waals surface area contributed by atoms with Gasteiger partial charge >= 0.3 is 6.18 Å². The number of nitrogens with zero attached hydrogens (tertiary/aromatic N) is 5. The van der Waals surface area contributed by atoms with E-state index in [2.05, 4.69) is 25.7 Å². The zero-order chi connectivity index (χ0) is 30.0. The van der Waals surface area contributed by atoms with Crippen molar-refractivity contribution in [2.75, 3.05) is 11.9 Å². The van der Waals surface area contributed by atoms with Gasteiger partial charge in [-0.2, -0.15) is 18.3 Å². The summed E-state index contributed by atoms with van der Waals surface area (Å²) in [4.78, 5) is 29.9. The van der Waals surface area contributed by atoms with E-state index in [1.807, 2.05) is 13.0 Å². The number of rotatable bonds is 8. The molecule has 14 heteroatoms. The molecule has 2 unspecified atom stereocenters. The van der Waals surface area contributed by atoms with Crippen LogP contribution in [0.15, 0.2) is 43.0 Å². The molecule has 6 rings (SSSR count). The summed E-state index contributed by atoms with van der Waals surface area (Å²) < 4.78 is 44.7. The third-order valence-corrected chi connectivity index (χ3v) is 7.65. The average molecular weight is 585 g/mol. The number of nitrogens with one attached hydrogen (secondary N) is 2. The molecule has 1 amide bonds. The van der Waals surface area contributed by atoms with Gasteiger partial charge in [0.15, 0.2) is 17.2 Å². The van der Waals surface area contributed by atoms with Crippen molar-refractivity contribution in [3.8, 4) is 11.3 Å². The van der Waals surface area contributed by atoms with Crippen molar-refractivity contribution < 1.29 is 27.9 Å². The van der Waals surface area contributed by atoms with Crippen molar-refractivity contribution in [1.29, 1.82) is 0 Å². The second-order valence-corrected chi connectivity index (χ2v) is 10.4. The molecule has 42 heavy (non-hydrogen) atoms. The molecule has 1 aromatic carbocycles. The first-order chi connectivity index (χ1) is 20.1. The van der Waals surface area contributed by atoms with E-state index in [4.69, 9.17) is 15.6 Å². The molecule has 0 radical (unpaired) electrons. The largest absolute Gasteiger partial charge is 0.483 e. The number of amides is 1. The molecule has 0 aliphatic heterocycles. The van der Waals surface area contributed by atoms with Crippen LogP contribution in [0.3, 0.4) is 0 Å². The molecule has 3 aromatic heterocycles. The lowest BCUT2D eigenvalue weighted by molar-refractivity contribution is -0.141. The summed E-state index contributed by atoms with van der Waals surface area (Å²) in [5, 5.41) is 17.0. The van der Waals surface area contributed by atoms with Crippen molar-refractivity contribution in [3.63, 3.8) is 0 Å². The summed E-state index contributed by atoms with van der Waals surface area (Å²) >= 11 is 0. The van der Waals surface area contributed by atoms with E-state index in [0.717, 1.165) is 31.2 Å². The minimum absolute atomic E-state index is 0.0120. The van der Waals surface area contributed by atoms with Gasteiger partial charge in [-0.3, -0.25) is 18.7 Å². The Labute approximate surface area is 239 Å². The quantitative estimate of drug-likeness (QED) is 0.222. The van der Waals surface area contributed by atoms with Crippen molar-refractivity contribution in [3.05, 3.63) is 59.8 Å². The number of carboxylic acid groups (broad SMARTS) is 1. The maximum absolute atomic E-state index is 13.9. The van der Waals surface area contributed by atoms with Crippen molar-refractivity contribution in [2.24, 2.45) is 11.7 Å². The van der Waals surface area contributed by atoms with E-state index < -0.39 is 11.9 Å². The van der Waals surface area contributed by atoms with Crippen LogP contribution in [0.1, 0.15) is 60.3 Å². The molecule has 11 nitrogen and oxygen atoms in total. The van der Waals surface area contributed by atoms with Crippen LogP contribution in [0.4, 0.5) is 24.7 Å². The summed E-state index contributed by atoms with van der Waals surface area (Å²) in [7, 11) is 0. The molecule has 2 fully saturated rings. The normalized spacial score (nSPS) is 18.1. The molecule has 2 saturated carbocycles.